The minimum Gasteiger partial charge on any atom is -0.370 e. The summed E-state index contributed by atoms with van der Waals surface area (Å²) in [4.78, 5) is 49.6. The summed E-state index contributed by atoms with van der Waals surface area (Å²) in [6.07, 6.45) is -0.457. The topological polar surface area (TPSA) is 140 Å². The third-order valence-electron chi connectivity index (χ3n) is 2.42. The van der Waals surface area contributed by atoms with Crippen LogP contribution in [0.15, 0.2) is 28.7 Å². The molecule has 0 aliphatic carbocycles. The number of hydroxylamine groups is 1. The van der Waals surface area contributed by atoms with Crippen LogP contribution >= 0.6 is 15.9 Å². The normalized spacial score (nSPS) is 11.0. The van der Waals surface area contributed by atoms with Crippen LogP contribution in [-0.4, -0.2) is 29.9 Å². The molecule has 0 saturated carbocycles. The lowest BCUT2D eigenvalue weighted by Crippen LogP contribution is -2.50. The fourth-order valence-electron chi connectivity index (χ4n) is 1.46. The zero-order valence-corrected chi connectivity index (χ0v) is 13.7. The highest BCUT2D eigenvalue weighted by Crippen LogP contribution is 2.13. The summed E-state index contributed by atoms with van der Waals surface area (Å²) in [7, 11) is 0. The molecule has 0 radical (unpaired) electrons. The van der Waals surface area contributed by atoms with Gasteiger partial charge in [0.2, 0.25) is 5.91 Å². The van der Waals surface area contributed by atoms with Crippen LogP contribution in [0.5, 0.6) is 0 Å². The summed E-state index contributed by atoms with van der Waals surface area (Å²) >= 11 is 3.25. The van der Waals surface area contributed by atoms with Gasteiger partial charge in [0.15, 0.2) is 0 Å². The summed E-state index contributed by atoms with van der Waals surface area (Å²) in [6.45, 7) is 1.08. The first-order valence-electron chi connectivity index (χ1n) is 6.36. The van der Waals surface area contributed by atoms with Crippen LogP contribution in [0.3, 0.4) is 0 Å². The number of benzene rings is 1. The molecule has 1 atom stereocenters. The van der Waals surface area contributed by atoms with Crippen LogP contribution < -0.4 is 21.8 Å². The molecule has 0 bridgehead atoms. The molecule has 0 heterocycles. The zero-order chi connectivity index (χ0) is 17.4. The molecule has 0 aliphatic heterocycles. The number of nitrogens with two attached hydrogens (primary N) is 1. The van der Waals surface area contributed by atoms with Crippen molar-refractivity contribution in [2.24, 2.45) is 5.73 Å². The Kier molecular flexibility index (Phi) is 7.00. The quantitative estimate of drug-likeness (QED) is 0.542. The predicted molar refractivity (Wildman–Crippen MR) is 83.8 cm³/mol. The predicted octanol–water partition coefficient (Wildman–Crippen LogP) is 0.409. The summed E-state index contributed by atoms with van der Waals surface area (Å²) in [6, 6.07) is 4.67. The molecule has 1 aromatic rings. The van der Waals surface area contributed by atoms with E-state index in [0.717, 1.165) is 11.4 Å². The summed E-state index contributed by atoms with van der Waals surface area (Å²) in [5, 5.41) is 4.75. The molecule has 0 saturated heterocycles. The van der Waals surface area contributed by atoms with E-state index in [9.17, 15) is 19.2 Å². The van der Waals surface area contributed by atoms with E-state index in [1.54, 1.807) is 24.3 Å². The second-order valence-corrected chi connectivity index (χ2v) is 5.30. The van der Waals surface area contributed by atoms with Crippen molar-refractivity contribution in [2.45, 2.75) is 19.4 Å². The second-order valence-electron chi connectivity index (χ2n) is 4.39. The molecule has 5 N–H and O–H groups in total. The Hall–Kier alpha value is -2.62. The van der Waals surface area contributed by atoms with Crippen LogP contribution in [-0.2, 0) is 19.2 Å². The first-order valence-corrected chi connectivity index (χ1v) is 7.16. The van der Waals surface area contributed by atoms with E-state index in [1.807, 2.05) is 5.48 Å². The molecule has 0 fully saturated rings. The fourth-order valence-corrected chi connectivity index (χ4v) is 1.73. The minimum absolute atomic E-state index is 0.457. The van der Waals surface area contributed by atoms with Gasteiger partial charge < -0.3 is 21.2 Å². The maximum atomic E-state index is 11.9. The molecule has 1 unspecified atom stereocenters. The number of urea groups is 1. The Labute approximate surface area is 140 Å². The van der Waals surface area contributed by atoms with Crippen molar-refractivity contribution in [3.63, 3.8) is 0 Å². The average Bonchev–Trinajstić information content (AvgIpc) is 2.46. The zero-order valence-electron chi connectivity index (χ0n) is 12.1. The first-order chi connectivity index (χ1) is 10.8. The van der Waals surface area contributed by atoms with E-state index in [-0.39, 0.29) is 0 Å². The lowest BCUT2D eigenvalue weighted by atomic mass is 10.2. The highest BCUT2D eigenvalue weighted by molar-refractivity contribution is 9.10. The SMILES string of the molecule is CC(=O)ONC(=O)C(CC(N)=O)NC(=O)Nc1ccc(Br)cc1. The third-order valence-corrected chi connectivity index (χ3v) is 2.95. The molecule has 0 spiro atoms. The second kappa shape index (κ2) is 8.73. The van der Waals surface area contributed by atoms with Gasteiger partial charge >= 0.3 is 12.0 Å². The van der Waals surface area contributed by atoms with Gasteiger partial charge in [-0.1, -0.05) is 15.9 Å². The Morgan fingerprint density at radius 1 is 1.22 bits per heavy atom. The first kappa shape index (κ1) is 18.4. The van der Waals surface area contributed by atoms with Gasteiger partial charge in [-0.15, -0.1) is 0 Å². The summed E-state index contributed by atoms with van der Waals surface area (Å²) in [5.74, 6) is -2.45. The number of halogens is 1. The number of primary amides is 1. The van der Waals surface area contributed by atoms with Crippen LogP contribution in [0.2, 0.25) is 0 Å². The van der Waals surface area contributed by atoms with Gasteiger partial charge in [-0.2, -0.15) is 5.48 Å². The number of carbonyl (C=O) groups is 4. The molecule has 1 rings (SSSR count). The Bertz CT molecular complexity index is 605. The smallest absolute Gasteiger partial charge is 0.329 e. The highest BCUT2D eigenvalue weighted by Gasteiger charge is 2.23. The molecule has 4 amide bonds. The maximum absolute atomic E-state index is 11.9. The number of hydrogen-bond donors (Lipinski definition) is 4. The Morgan fingerprint density at radius 3 is 2.35 bits per heavy atom. The highest BCUT2D eigenvalue weighted by atomic mass is 79.9. The van der Waals surface area contributed by atoms with E-state index in [2.05, 4.69) is 31.4 Å². The van der Waals surface area contributed by atoms with Gasteiger partial charge in [0.25, 0.3) is 5.91 Å². The lowest BCUT2D eigenvalue weighted by Gasteiger charge is -2.17. The van der Waals surface area contributed by atoms with Gasteiger partial charge in [-0.25, -0.2) is 4.79 Å². The number of hydrogen-bond acceptors (Lipinski definition) is 5. The van der Waals surface area contributed by atoms with Crippen LogP contribution in [0.4, 0.5) is 10.5 Å². The van der Waals surface area contributed by atoms with E-state index in [4.69, 9.17) is 5.73 Å². The maximum Gasteiger partial charge on any atom is 0.329 e. The van der Waals surface area contributed by atoms with Gasteiger partial charge in [0, 0.05) is 17.1 Å². The standard InChI is InChI=1S/C13H15BrN4O5/c1-7(19)23-18-12(21)10(6-11(15)20)17-13(22)16-9-4-2-8(14)3-5-9/h2-5,10H,6H2,1H3,(H2,15,20)(H,18,21)(H2,16,17,22). The Balaban J connectivity index is 2.65. The van der Waals surface area contributed by atoms with Crippen molar-refractivity contribution < 1.29 is 24.0 Å². The van der Waals surface area contributed by atoms with Crippen LogP contribution in [0.1, 0.15) is 13.3 Å². The van der Waals surface area contributed by atoms with Crippen molar-refractivity contribution in [2.75, 3.05) is 5.32 Å². The molecule has 0 aromatic heterocycles. The fraction of sp³-hybridized carbons (Fsp3) is 0.231. The van der Waals surface area contributed by atoms with Crippen molar-refractivity contribution in [1.82, 2.24) is 10.8 Å². The molecule has 124 valence electrons. The number of nitrogens with one attached hydrogen (secondary N) is 3. The molecule has 9 nitrogen and oxygen atoms in total. The third kappa shape index (κ3) is 7.27. The molecule has 10 heteroatoms. The largest absolute Gasteiger partial charge is 0.370 e. The van der Waals surface area contributed by atoms with Gasteiger partial charge in [0.05, 0.1) is 6.42 Å². The van der Waals surface area contributed by atoms with Crippen molar-refractivity contribution in [3.8, 4) is 0 Å². The van der Waals surface area contributed by atoms with E-state index >= 15 is 0 Å². The molecule has 1 aromatic carbocycles. The van der Waals surface area contributed by atoms with Crippen molar-refractivity contribution >= 4 is 45.4 Å². The van der Waals surface area contributed by atoms with Crippen molar-refractivity contribution in [3.05, 3.63) is 28.7 Å². The monoisotopic (exact) mass is 386 g/mol. The number of rotatable bonds is 5. The van der Waals surface area contributed by atoms with Crippen LogP contribution in [0, 0.1) is 0 Å². The lowest BCUT2D eigenvalue weighted by molar-refractivity contribution is -0.156. The van der Waals surface area contributed by atoms with Gasteiger partial charge in [-0.3, -0.25) is 14.4 Å². The van der Waals surface area contributed by atoms with E-state index in [0.29, 0.717) is 5.69 Å². The van der Waals surface area contributed by atoms with Gasteiger partial charge in [0.1, 0.15) is 6.04 Å². The number of amides is 4. The molecule has 0 aliphatic rings. The molecular weight excluding hydrogens is 372 g/mol. The van der Waals surface area contributed by atoms with E-state index < -0.39 is 36.3 Å². The molecular formula is C13H15BrN4O5. The minimum atomic E-state index is -1.29. The average molecular weight is 387 g/mol. The Morgan fingerprint density at radius 2 is 1.83 bits per heavy atom. The number of anilines is 1. The molecule has 23 heavy (non-hydrogen) atoms. The number of carbonyl (C=O) groups excluding carboxylic acids is 4. The van der Waals surface area contributed by atoms with E-state index in [1.165, 1.54) is 0 Å². The summed E-state index contributed by atoms with van der Waals surface area (Å²) < 4.78 is 0.829. The van der Waals surface area contributed by atoms with Gasteiger partial charge in [-0.05, 0) is 24.3 Å². The summed E-state index contributed by atoms with van der Waals surface area (Å²) in [5.41, 5.74) is 7.32. The van der Waals surface area contributed by atoms with Crippen LogP contribution in [0.25, 0.3) is 0 Å². The van der Waals surface area contributed by atoms with Crippen molar-refractivity contribution in [1.29, 1.82) is 0 Å².